The second-order valence-electron chi connectivity index (χ2n) is 9.16. The number of rotatable bonds is 5. The summed E-state index contributed by atoms with van der Waals surface area (Å²) in [5.41, 5.74) is 2.31. The fourth-order valence-corrected chi connectivity index (χ4v) is 6.07. The summed E-state index contributed by atoms with van der Waals surface area (Å²) in [5.74, 6) is -3.16. The molecule has 1 N–H and O–H groups in total. The van der Waals surface area contributed by atoms with E-state index in [9.17, 15) is 19.2 Å². The standard InChI is InChI=1S/C28H23ClN4O5S2/c1-4-38-26(37)21-15(3)30-28-33(22(21)16-7-5-14(2)6-8-16)25(36)20(40-28)13-19-23(34)31-27(39)32(24(19)35)18-11-9-17(29)10-12-18/h5-13,19,22H,4H2,1-3H3,(H,31,34,39)/b20-13+/t19-,22+/m1/s1. The number of carbonyl (C=O) groups is 3. The number of esters is 1. The van der Waals surface area contributed by atoms with Gasteiger partial charge in [0.2, 0.25) is 11.8 Å². The van der Waals surface area contributed by atoms with Gasteiger partial charge in [0.05, 0.1) is 34.1 Å². The number of hydrogen-bond donors (Lipinski definition) is 1. The van der Waals surface area contributed by atoms with Crippen LogP contribution >= 0.6 is 35.2 Å². The van der Waals surface area contributed by atoms with Gasteiger partial charge in [0.1, 0.15) is 5.92 Å². The van der Waals surface area contributed by atoms with Gasteiger partial charge in [-0.15, -0.1) is 0 Å². The number of nitrogens with one attached hydrogen (secondary N) is 1. The topological polar surface area (TPSA) is 110 Å². The monoisotopic (exact) mass is 594 g/mol. The van der Waals surface area contributed by atoms with Crippen LogP contribution in [0.3, 0.4) is 0 Å². The van der Waals surface area contributed by atoms with Gasteiger partial charge in [-0.2, -0.15) is 0 Å². The molecule has 3 aromatic rings. The van der Waals surface area contributed by atoms with E-state index in [4.69, 9.17) is 28.6 Å². The lowest BCUT2D eigenvalue weighted by Crippen LogP contribution is -2.58. The normalized spacial score (nSPS) is 19.4. The Hall–Kier alpha value is -3.93. The van der Waals surface area contributed by atoms with Crippen LogP contribution in [0.4, 0.5) is 5.69 Å². The molecule has 2 aliphatic heterocycles. The van der Waals surface area contributed by atoms with Crippen molar-refractivity contribution < 1.29 is 19.1 Å². The first-order chi connectivity index (χ1) is 19.1. The first-order valence-corrected chi connectivity index (χ1v) is 13.9. The molecule has 0 aliphatic carbocycles. The van der Waals surface area contributed by atoms with Crippen LogP contribution < -0.4 is 25.1 Å². The Morgan fingerprint density at radius 2 is 1.80 bits per heavy atom. The molecule has 12 heteroatoms. The SMILES string of the molecule is CCOC(=O)C1=C(C)N=c2s/c(=C/[C@@H]3C(=O)NC(=S)N(c4ccc(Cl)cc4)C3=O)c(=O)n2[C@H]1c1ccc(C)cc1. The molecular formula is C28H23ClN4O5S2. The number of anilines is 1. The fourth-order valence-electron chi connectivity index (χ4n) is 4.59. The smallest absolute Gasteiger partial charge is 0.338 e. The van der Waals surface area contributed by atoms with Gasteiger partial charge in [-0.25, -0.2) is 9.79 Å². The molecule has 1 aromatic heterocycles. The van der Waals surface area contributed by atoms with Crippen molar-refractivity contribution >= 4 is 69.8 Å². The van der Waals surface area contributed by atoms with Crippen LogP contribution in [-0.4, -0.2) is 34.1 Å². The number of aromatic nitrogens is 1. The van der Waals surface area contributed by atoms with E-state index in [-0.39, 0.29) is 21.8 Å². The number of benzene rings is 2. The lowest BCUT2D eigenvalue weighted by atomic mass is 9.95. The van der Waals surface area contributed by atoms with E-state index in [2.05, 4.69) is 10.3 Å². The van der Waals surface area contributed by atoms with E-state index in [0.29, 0.717) is 26.8 Å². The van der Waals surface area contributed by atoms with Crippen molar-refractivity contribution in [1.29, 1.82) is 0 Å². The molecule has 9 nitrogen and oxygen atoms in total. The molecule has 204 valence electrons. The van der Waals surface area contributed by atoms with Crippen LogP contribution in [0.25, 0.3) is 6.08 Å². The molecule has 5 rings (SSSR count). The number of aryl methyl sites for hydroxylation is 1. The summed E-state index contributed by atoms with van der Waals surface area (Å²) in [6.07, 6.45) is 1.32. The zero-order valence-corrected chi connectivity index (χ0v) is 24.0. The molecule has 1 fully saturated rings. The molecule has 0 spiro atoms. The number of fused-ring (bicyclic) bond motifs is 1. The molecule has 40 heavy (non-hydrogen) atoms. The van der Waals surface area contributed by atoms with Gasteiger partial charge in [0.15, 0.2) is 9.91 Å². The molecule has 3 heterocycles. The molecule has 2 aromatic carbocycles. The molecule has 2 atom stereocenters. The van der Waals surface area contributed by atoms with Crippen molar-refractivity contribution in [2.24, 2.45) is 10.9 Å². The minimum Gasteiger partial charge on any atom is -0.463 e. The summed E-state index contributed by atoms with van der Waals surface area (Å²) < 4.78 is 6.85. The number of amides is 2. The zero-order chi connectivity index (χ0) is 28.7. The highest BCUT2D eigenvalue weighted by Crippen LogP contribution is 2.31. The highest BCUT2D eigenvalue weighted by atomic mass is 35.5. The average molecular weight is 595 g/mol. The Kier molecular flexibility index (Phi) is 7.54. The Bertz CT molecular complexity index is 1770. The van der Waals surface area contributed by atoms with Gasteiger partial charge in [0.25, 0.3) is 5.56 Å². The molecule has 1 saturated heterocycles. The predicted octanol–water partition coefficient (Wildman–Crippen LogP) is 2.78. The zero-order valence-electron chi connectivity index (χ0n) is 21.6. The summed E-state index contributed by atoms with van der Waals surface area (Å²) in [6, 6.07) is 13.1. The van der Waals surface area contributed by atoms with Crippen molar-refractivity contribution in [1.82, 2.24) is 9.88 Å². The van der Waals surface area contributed by atoms with E-state index in [1.807, 2.05) is 31.2 Å². The van der Waals surface area contributed by atoms with Gasteiger partial charge in [-0.05, 0) is 68.9 Å². The van der Waals surface area contributed by atoms with Crippen LogP contribution in [-0.2, 0) is 19.1 Å². The van der Waals surface area contributed by atoms with Crippen molar-refractivity contribution in [3.05, 3.63) is 95.6 Å². The number of thiazole rings is 1. The van der Waals surface area contributed by atoms with E-state index in [0.717, 1.165) is 16.9 Å². The third-order valence-corrected chi connectivity index (χ3v) is 8.05. The molecular weight excluding hydrogens is 572 g/mol. The van der Waals surface area contributed by atoms with E-state index in [1.54, 1.807) is 38.1 Å². The minimum absolute atomic E-state index is 0.0718. The van der Waals surface area contributed by atoms with Crippen molar-refractivity contribution in [3.63, 3.8) is 0 Å². The van der Waals surface area contributed by atoms with Gasteiger partial charge in [0, 0.05) is 5.02 Å². The lowest BCUT2D eigenvalue weighted by Gasteiger charge is -2.31. The molecule has 0 radical (unpaired) electrons. The predicted molar refractivity (Wildman–Crippen MR) is 156 cm³/mol. The molecule has 0 saturated carbocycles. The van der Waals surface area contributed by atoms with Gasteiger partial charge in [-0.1, -0.05) is 52.8 Å². The molecule has 2 amide bonds. The van der Waals surface area contributed by atoms with Crippen molar-refractivity contribution in [2.75, 3.05) is 11.5 Å². The average Bonchev–Trinajstić information content (AvgIpc) is 3.21. The maximum absolute atomic E-state index is 13.8. The lowest BCUT2D eigenvalue weighted by molar-refractivity contribution is -0.139. The first-order valence-electron chi connectivity index (χ1n) is 12.3. The van der Waals surface area contributed by atoms with Gasteiger partial charge < -0.3 is 10.1 Å². The van der Waals surface area contributed by atoms with Crippen LogP contribution in [0.1, 0.15) is 31.0 Å². The number of halogens is 1. The number of allylic oxidation sites excluding steroid dienone is 1. The highest BCUT2D eigenvalue weighted by Gasteiger charge is 2.39. The summed E-state index contributed by atoms with van der Waals surface area (Å²) in [6.45, 7) is 5.49. The summed E-state index contributed by atoms with van der Waals surface area (Å²) in [7, 11) is 0. The summed E-state index contributed by atoms with van der Waals surface area (Å²) in [5, 5.41) is 2.95. The third-order valence-electron chi connectivity index (χ3n) is 6.52. The van der Waals surface area contributed by atoms with E-state index < -0.39 is 35.3 Å². The molecule has 2 aliphatic rings. The van der Waals surface area contributed by atoms with E-state index in [1.165, 1.54) is 15.5 Å². The van der Waals surface area contributed by atoms with Crippen molar-refractivity contribution in [2.45, 2.75) is 26.8 Å². The van der Waals surface area contributed by atoms with Crippen LogP contribution in [0.2, 0.25) is 5.02 Å². The largest absolute Gasteiger partial charge is 0.463 e. The Labute approximate surface area is 243 Å². The minimum atomic E-state index is -1.33. The summed E-state index contributed by atoms with van der Waals surface area (Å²) >= 11 is 12.3. The number of hydrogen-bond acceptors (Lipinski definition) is 8. The Morgan fingerprint density at radius 1 is 1.12 bits per heavy atom. The number of ether oxygens (including phenoxy) is 1. The maximum Gasteiger partial charge on any atom is 0.338 e. The highest BCUT2D eigenvalue weighted by molar-refractivity contribution is 7.80. The number of thiocarbonyl (C=S) groups is 1. The third kappa shape index (κ3) is 4.91. The van der Waals surface area contributed by atoms with Crippen molar-refractivity contribution in [3.8, 4) is 0 Å². The Balaban J connectivity index is 1.64. The quantitative estimate of drug-likeness (QED) is 0.276. The second kappa shape index (κ2) is 10.9. The van der Waals surface area contributed by atoms with Gasteiger partial charge >= 0.3 is 5.97 Å². The number of carbonyl (C=O) groups excluding carboxylic acids is 3. The van der Waals surface area contributed by atoms with Crippen LogP contribution in [0, 0.1) is 12.8 Å². The Morgan fingerprint density at radius 3 is 2.45 bits per heavy atom. The fraction of sp³-hybridized carbons (Fsp3) is 0.214. The van der Waals surface area contributed by atoms with E-state index >= 15 is 0 Å². The number of nitrogens with zero attached hydrogens (tertiary/aromatic N) is 3. The second-order valence-corrected chi connectivity index (χ2v) is 11.0. The summed E-state index contributed by atoms with van der Waals surface area (Å²) in [4.78, 5) is 59.3. The van der Waals surface area contributed by atoms with Gasteiger partial charge in [-0.3, -0.25) is 23.9 Å². The van der Waals surface area contributed by atoms with Crippen LogP contribution in [0.5, 0.6) is 0 Å². The first kappa shape index (κ1) is 27.6. The maximum atomic E-state index is 13.8. The molecule has 0 bridgehead atoms. The molecule has 0 unspecified atom stereocenters. The van der Waals surface area contributed by atoms with Crippen LogP contribution in [0.15, 0.2) is 69.6 Å².